The topological polar surface area (TPSA) is 3.01 Å². The van der Waals surface area contributed by atoms with E-state index in [9.17, 15) is 0 Å². The van der Waals surface area contributed by atoms with Crippen LogP contribution in [0.5, 0.6) is 0 Å². The monoisotopic (exact) mass is 109 g/mol. The van der Waals surface area contributed by atoms with Crippen molar-refractivity contribution in [3.05, 3.63) is 24.8 Å². The number of nitrogens with zero attached hydrogens (tertiary/aromatic N) is 1. The minimum Gasteiger partial charge on any atom is -0.296 e. The van der Waals surface area contributed by atoms with Crippen LogP contribution >= 0.6 is 0 Å². The van der Waals surface area contributed by atoms with Crippen LogP contribution < -0.4 is 0 Å². The maximum atomic E-state index is 3.83. The summed E-state index contributed by atoms with van der Waals surface area (Å²) in [4.78, 5) is 2.23. The summed E-state index contributed by atoms with van der Waals surface area (Å²) in [5.41, 5.74) is 1.15. The molecule has 2 unspecified atom stereocenters. The SMILES string of the molecule is C=CC(=C)C1CN1C. The fraction of sp³-hybridized carbons (Fsp3) is 0.429. The molecule has 1 aliphatic rings. The van der Waals surface area contributed by atoms with Crippen LogP contribution in [0.2, 0.25) is 0 Å². The van der Waals surface area contributed by atoms with Crippen molar-refractivity contribution in [2.24, 2.45) is 0 Å². The average Bonchev–Trinajstić information content (AvgIpc) is 2.45. The Labute approximate surface area is 50.3 Å². The van der Waals surface area contributed by atoms with Gasteiger partial charge >= 0.3 is 0 Å². The molecule has 8 heavy (non-hydrogen) atoms. The van der Waals surface area contributed by atoms with Crippen molar-refractivity contribution in [2.75, 3.05) is 13.6 Å². The number of likely N-dealkylation sites (N-methyl/N-ethyl adjacent to an activating group) is 1. The van der Waals surface area contributed by atoms with Gasteiger partial charge in [0.25, 0.3) is 0 Å². The second-order valence-corrected chi connectivity index (χ2v) is 2.23. The van der Waals surface area contributed by atoms with Gasteiger partial charge in [0.2, 0.25) is 0 Å². The Morgan fingerprint density at radius 2 is 2.38 bits per heavy atom. The molecule has 1 rings (SSSR count). The highest BCUT2D eigenvalue weighted by atomic mass is 15.3. The summed E-state index contributed by atoms with van der Waals surface area (Å²) in [5, 5.41) is 0. The number of hydrogen-bond donors (Lipinski definition) is 0. The average molecular weight is 109 g/mol. The van der Waals surface area contributed by atoms with Gasteiger partial charge in [0, 0.05) is 12.6 Å². The van der Waals surface area contributed by atoms with Gasteiger partial charge in [-0.2, -0.15) is 0 Å². The highest BCUT2D eigenvalue weighted by Gasteiger charge is 2.30. The van der Waals surface area contributed by atoms with Gasteiger partial charge in [0.15, 0.2) is 0 Å². The van der Waals surface area contributed by atoms with Crippen LogP contribution in [-0.2, 0) is 0 Å². The molecule has 2 atom stereocenters. The fourth-order valence-electron chi connectivity index (χ4n) is 0.762. The molecular formula is C7H11N. The summed E-state index contributed by atoms with van der Waals surface area (Å²) in [5.74, 6) is 0. The molecule has 0 amide bonds. The van der Waals surface area contributed by atoms with E-state index in [1.807, 2.05) is 6.08 Å². The third kappa shape index (κ3) is 0.819. The smallest absolute Gasteiger partial charge is 0.0467 e. The molecule has 1 fully saturated rings. The lowest BCUT2D eigenvalue weighted by molar-refractivity contribution is 0.653. The summed E-state index contributed by atoms with van der Waals surface area (Å²) in [7, 11) is 2.08. The molecule has 1 nitrogen and oxygen atoms in total. The van der Waals surface area contributed by atoms with Crippen molar-refractivity contribution in [2.45, 2.75) is 6.04 Å². The van der Waals surface area contributed by atoms with Crippen molar-refractivity contribution in [1.82, 2.24) is 4.90 Å². The van der Waals surface area contributed by atoms with Crippen LogP contribution in [0.15, 0.2) is 24.8 Å². The molecule has 44 valence electrons. The maximum absolute atomic E-state index is 3.83. The Kier molecular flexibility index (Phi) is 1.22. The normalized spacial score (nSPS) is 34.1. The standard InChI is InChI=1S/C7H11N/c1-4-6(2)7-5-8(7)3/h4,7H,1-2,5H2,3H3. The van der Waals surface area contributed by atoms with Crippen LogP contribution in [0.4, 0.5) is 0 Å². The van der Waals surface area contributed by atoms with Crippen LogP contribution in [0.3, 0.4) is 0 Å². The maximum Gasteiger partial charge on any atom is 0.0467 e. The molecule has 0 aromatic rings. The van der Waals surface area contributed by atoms with E-state index < -0.39 is 0 Å². The summed E-state index contributed by atoms with van der Waals surface area (Å²) in [6.07, 6.45) is 1.83. The molecule has 0 spiro atoms. The van der Waals surface area contributed by atoms with E-state index in [0.717, 1.165) is 12.1 Å². The van der Waals surface area contributed by atoms with Crippen LogP contribution in [0.25, 0.3) is 0 Å². The van der Waals surface area contributed by atoms with Crippen molar-refractivity contribution in [1.29, 1.82) is 0 Å². The fourth-order valence-corrected chi connectivity index (χ4v) is 0.762. The number of rotatable bonds is 2. The molecule has 1 heterocycles. The summed E-state index contributed by atoms with van der Waals surface area (Å²) in [6.45, 7) is 8.61. The zero-order valence-corrected chi connectivity index (χ0v) is 5.22. The molecule has 0 aliphatic carbocycles. The predicted molar refractivity (Wildman–Crippen MR) is 35.8 cm³/mol. The molecule has 1 saturated heterocycles. The zero-order valence-electron chi connectivity index (χ0n) is 5.22. The predicted octanol–water partition coefficient (Wildman–Crippen LogP) is 1.04. The van der Waals surface area contributed by atoms with Gasteiger partial charge in [-0.15, -0.1) is 0 Å². The number of hydrogen-bond acceptors (Lipinski definition) is 1. The van der Waals surface area contributed by atoms with E-state index in [1.165, 1.54) is 0 Å². The molecular weight excluding hydrogens is 98.1 g/mol. The summed E-state index contributed by atoms with van der Waals surface area (Å²) < 4.78 is 0. The van der Waals surface area contributed by atoms with Gasteiger partial charge in [-0.1, -0.05) is 19.2 Å². The molecule has 0 aromatic carbocycles. The third-order valence-electron chi connectivity index (χ3n) is 1.55. The molecule has 0 saturated carbocycles. The molecule has 0 aromatic heterocycles. The Morgan fingerprint density at radius 1 is 1.88 bits per heavy atom. The van der Waals surface area contributed by atoms with Crippen molar-refractivity contribution in [3.63, 3.8) is 0 Å². The second kappa shape index (κ2) is 1.75. The molecule has 1 aliphatic heterocycles. The quantitative estimate of drug-likeness (QED) is 0.378. The molecule has 0 bridgehead atoms. The Morgan fingerprint density at radius 3 is 2.50 bits per heavy atom. The molecule has 1 heteroatoms. The Hall–Kier alpha value is -0.560. The lowest BCUT2D eigenvalue weighted by atomic mass is 10.2. The first kappa shape index (κ1) is 5.57. The van der Waals surface area contributed by atoms with Gasteiger partial charge < -0.3 is 0 Å². The van der Waals surface area contributed by atoms with Crippen LogP contribution in [0.1, 0.15) is 0 Å². The van der Waals surface area contributed by atoms with Gasteiger partial charge in [0.05, 0.1) is 0 Å². The van der Waals surface area contributed by atoms with E-state index >= 15 is 0 Å². The van der Waals surface area contributed by atoms with Gasteiger partial charge in [-0.3, -0.25) is 4.90 Å². The first-order chi connectivity index (χ1) is 3.75. The van der Waals surface area contributed by atoms with E-state index in [-0.39, 0.29) is 0 Å². The first-order valence-electron chi connectivity index (χ1n) is 2.77. The summed E-state index contributed by atoms with van der Waals surface area (Å²) >= 11 is 0. The molecule has 0 N–H and O–H groups in total. The highest BCUT2D eigenvalue weighted by molar-refractivity contribution is 5.24. The summed E-state index contributed by atoms with van der Waals surface area (Å²) in [6, 6.07) is 0.604. The lowest BCUT2D eigenvalue weighted by Gasteiger charge is -1.91. The van der Waals surface area contributed by atoms with E-state index in [1.54, 1.807) is 0 Å². The first-order valence-corrected chi connectivity index (χ1v) is 2.77. The largest absolute Gasteiger partial charge is 0.296 e. The Bertz CT molecular complexity index is 126. The van der Waals surface area contributed by atoms with Gasteiger partial charge in [0.1, 0.15) is 0 Å². The third-order valence-corrected chi connectivity index (χ3v) is 1.55. The van der Waals surface area contributed by atoms with Crippen LogP contribution in [0, 0.1) is 0 Å². The minimum absolute atomic E-state index is 0.604. The lowest BCUT2D eigenvalue weighted by Crippen LogP contribution is -1.93. The zero-order chi connectivity index (χ0) is 6.15. The highest BCUT2D eigenvalue weighted by Crippen LogP contribution is 2.20. The van der Waals surface area contributed by atoms with E-state index in [0.29, 0.717) is 6.04 Å². The Balaban J connectivity index is 2.39. The van der Waals surface area contributed by atoms with Gasteiger partial charge in [-0.25, -0.2) is 0 Å². The van der Waals surface area contributed by atoms with Gasteiger partial charge in [-0.05, 0) is 12.6 Å². The van der Waals surface area contributed by atoms with Crippen LogP contribution in [-0.4, -0.2) is 24.5 Å². The molecule has 0 radical (unpaired) electrons. The second-order valence-electron chi connectivity index (χ2n) is 2.23. The van der Waals surface area contributed by atoms with Crippen molar-refractivity contribution in [3.8, 4) is 0 Å². The van der Waals surface area contributed by atoms with E-state index in [4.69, 9.17) is 0 Å². The van der Waals surface area contributed by atoms with E-state index in [2.05, 4.69) is 25.1 Å². The van der Waals surface area contributed by atoms with Crippen molar-refractivity contribution >= 4 is 0 Å². The van der Waals surface area contributed by atoms with Crippen molar-refractivity contribution < 1.29 is 0 Å². The minimum atomic E-state index is 0.604.